The number of hydrogen-bond donors (Lipinski definition) is 2. The Labute approximate surface area is 142 Å². The Bertz CT molecular complexity index is 591. The number of hydrogen-bond acceptors (Lipinski definition) is 4. The number of anilines is 1. The molecule has 21 heavy (non-hydrogen) atoms. The van der Waals surface area contributed by atoms with Gasteiger partial charge in [-0.05, 0) is 60.5 Å². The van der Waals surface area contributed by atoms with Crippen molar-refractivity contribution >= 4 is 47.6 Å². The summed E-state index contributed by atoms with van der Waals surface area (Å²) in [5, 5.41) is 0. The molecule has 1 aliphatic rings. The van der Waals surface area contributed by atoms with Gasteiger partial charge in [0.15, 0.2) is 0 Å². The highest BCUT2D eigenvalue weighted by Crippen LogP contribution is 2.32. The maximum atomic E-state index is 12.6. The molecule has 0 aliphatic carbocycles. The molecule has 5 nitrogen and oxygen atoms in total. The van der Waals surface area contributed by atoms with Crippen LogP contribution in [0.25, 0.3) is 0 Å². The molecule has 0 unspecified atom stereocenters. The second-order valence-electron chi connectivity index (χ2n) is 5.14. The van der Waals surface area contributed by atoms with Crippen LogP contribution in [0.5, 0.6) is 0 Å². The lowest BCUT2D eigenvalue weighted by Crippen LogP contribution is -2.44. The summed E-state index contributed by atoms with van der Waals surface area (Å²) in [7, 11) is -3.62. The van der Waals surface area contributed by atoms with Gasteiger partial charge in [-0.1, -0.05) is 22.9 Å². The van der Waals surface area contributed by atoms with E-state index < -0.39 is 10.0 Å². The normalized spacial score (nSPS) is 18.0. The number of nitrogens with two attached hydrogens (primary N) is 1. The van der Waals surface area contributed by atoms with Crippen molar-refractivity contribution in [1.29, 1.82) is 0 Å². The summed E-state index contributed by atoms with van der Waals surface area (Å²) in [4.78, 5) is 2.43. The summed E-state index contributed by atoms with van der Waals surface area (Å²) in [6, 6.07) is 3.25. The van der Waals surface area contributed by atoms with Crippen LogP contribution in [-0.4, -0.2) is 39.0 Å². The first-order valence-corrected chi connectivity index (χ1v) is 9.89. The van der Waals surface area contributed by atoms with E-state index in [9.17, 15) is 8.42 Å². The van der Waals surface area contributed by atoms with Crippen LogP contribution in [-0.2, 0) is 10.0 Å². The van der Waals surface area contributed by atoms with Crippen molar-refractivity contribution in [2.45, 2.75) is 30.7 Å². The second kappa shape index (κ2) is 6.95. The Balaban J connectivity index is 2.16. The summed E-state index contributed by atoms with van der Waals surface area (Å²) in [6.45, 7) is 4.95. The molecular weight excluding hydrogens is 422 g/mol. The number of benzene rings is 1. The maximum absolute atomic E-state index is 12.6. The molecule has 0 radical (unpaired) electrons. The van der Waals surface area contributed by atoms with Gasteiger partial charge in [0.25, 0.3) is 0 Å². The molecule has 0 aromatic heterocycles. The zero-order valence-electron chi connectivity index (χ0n) is 11.8. The Morgan fingerprint density at radius 2 is 1.95 bits per heavy atom. The zero-order chi connectivity index (χ0) is 15.6. The topological polar surface area (TPSA) is 75.4 Å². The average molecular weight is 441 g/mol. The molecule has 118 valence electrons. The molecule has 0 atom stereocenters. The van der Waals surface area contributed by atoms with Gasteiger partial charge < -0.3 is 10.6 Å². The lowest BCUT2D eigenvalue weighted by Gasteiger charge is -2.31. The van der Waals surface area contributed by atoms with E-state index in [1.54, 1.807) is 12.1 Å². The third-order valence-electron chi connectivity index (χ3n) is 3.66. The quantitative estimate of drug-likeness (QED) is 0.705. The molecule has 1 heterocycles. The number of nitrogen functional groups attached to an aromatic ring is 1. The van der Waals surface area contributed by atoms with Crippen molar-refractivity contribution < 1.29 is 8.42 Å². The molecule has 1 aliphatic heterocycles. The minimum Gasteiger partial charge on any atom is -0.398 e. The minimum absolute atomic E-state index is 0.0345. The van der Waals surface area contributed by atoms with E-state index in [-0.39, 0.29) is 16.6 Å². The third-order valence-corrected chi connectivity index (χ3v) is 6.64. The Morgan fingerprint density at radius 3 is 2.48 bits per heavy atom. The van der Waals surface area contributed by atoms with Crippen molar-refractivity contribution in [3.8, 4) is 0 Å². The monoisotopic (exact) mass is 439 g/mol. The summed E-state index contributed by atoms with van der Waals surface area (Å²) in [5.41, 5.74) is 6.10. The van der Waals surface area contributed by atoms with Crippen molar-refractivity contribution in [2.75, 3.05) is 25.4 Å². The minimum atomic E-state index is -3.62. The number of nitrogens with one attached hydrogen (secondary N) is 1. The number of piperidine rings is 1. The van der Waals surface area contributed by atoms with Crippen LogP contribution in [0.4, 0.5) is 5.69 Å². The standard InChI is InChI=1S/C13H19Br2N3O2S/c1-2-18-5-3-10(4-6-18)17-21(19,20)13-11(15)7-9(14)8-12(13)16/h7-8,10,17H,2-6,16H2,1H3. The van der Waals surface area contributed by atoms with E-state index in [4.69, 9.17) is 5.73 Å². The van der Waals surface area contributed by atoms with Gasteiger partial charge in [-0.3, -0.25) is 0 Å². The van der Waals surface area contributed by atoms with Gasteiger partial charge in [0.1, 0.15) is 4.90 Å². The average Bonchev–Trinajstić information content (AvgIpc) is 2.37. The van der Waals surface area contributed by atoms with Crippen molar-refractivity contribution in [1.82, 2.24) is 9.62 Å². The van der Waals surface area contributed by atoms with Crippen LogP contribution in [0, 0.1) is 0 Å². The summed E-state index contributed by atoms with van der Waals surface area (Å²) < 4.78 is 29.1. The van der Waals surface area contributed by atoms with Crippen LogP contribution in [0.2, 0.25) is 0 Å². The van der Waals surface area contributed by atoms with E-state index in [0.29, 0.717) is 4.47 Å². The van der Waals surface area contributed by atoms with Gasteiger partial charge in [0.2, 0.25) is 10.0 Å². The highest BCUT2D eigenvalue weighted by atomic mass is 79.9. The summed E-state index contributed by atoms with van der Waals surface area (Å²) in [5.74, 6) is 0. The number of sulfonamides is 1. The van der Waals surface area contributed by atoms with Crippen molar-refractivity contribution in [2.24, 2.45) is 0 Å². The number of halogens is 2. The van der Waals surface area contributed by atoms with Gasteiger partial charge in [-0.25, -0.2) is 13.1 Å². The van der Waals surface area contributed by atoms with E-state index in [2.05, 4.69) is 48.4 Å². The zero-order valence-corrected chi connectivity index (χ0v) is 15.8. The molecule has 0 spiro atoms. The predicted molar refractivity (Wildman–Crippen MR) is 91.7 cm³/mol. The molecule has 0 amide bonds. The Morgan fingerprint density at radius 1 is 1.33 bits per heavy atom. The summed E-state index contributed by atoms with van der Waals surface area (Å²) >= 11 is 6.58. The second-order valence-corrected chi connectivity index (χ2v) is 8.56. The predicted octanol–water partition coefficient (Wildman–Crippen LogP) is 2.56. The van der Waals surface area contributed by atoms with Gasteiger partial charge in [-0.15, -0.1) is 0 Å². The molecule has 0 saturated carbocycles. The number of likely N-dealkylation sites (tertiary alicyclic amines) is 1. The first-order chi connectivity index (χ1) is 9.83. The van der Waals surface area contributed by atoms with E-state index in [0.717, 1.165) is 36.9 Å². The number of nitrogens with zero attached hydrogens (tertiary/aromatic N) is 1. The molecule has 3 N–H and O–H groups in total. The molecular formula is C13H19Br2N3O2S. The van der Waals surface area contributed by atoms with E-state index in [1.165, 1.54) is 0 Å². The van der Waals surface area contributed by atoms with Crippen LogP contribution in [0.3, 0.4) is 0 Å². The van der Waals surface area contributed by atoms with Crippen molar-refractivity contribution in [3.63, 3.8) is 0 Å². The Hall–Kier alpha value is -0.150. The molecule has 2 rings (SSSR count). The highest BCUT2D eigenvalue weighted by Gasteiger charge is 2.27. The van der Waals surface area contributed by atoms with Gasteiger partial charge in [-0.2, -0.15) is 0 Å². The van der Waals surface area contributed by atoms with E-state index >= 15 is 0 Å². The lowest BCUT2D eigenvalue weighted by molar-refractivity contribution is 0.217. The van der Waals surface area contributed by atoms with Crippen LogP contribution < -0.4 is 10.5 Å². The van der Waals surface area contributed by atoms with Gasteiger partial charge in [0.05, 0.1) is 5.69 Å². The first kappa shape index (κ1) is 17.2. The smallest absolute Gasteiger partial charge is 0.243 e. The van der Waals surface area contributed by atoms with Crippen LogP contribution in [0.15, 0.2) is 26.0 Å². The molecule has 8 heteroatoms. The lowest BCUT2D eigenvalue weighted by atomic mass is 10.1. The highest BCUT2D eigenvalue weighted by molar-refractivity contribution is 9.11. The van der Waals surface area contributed by atoms with E-state index in [1.807, 2.05) is 0 Å². The van der Waals surface area contributed by atoms with Crippen LogP contribution >= 0.6 is 31.9 Å². The molecule has 1 fully saturated rings. The largest absolute Gasteiger partial charge is 0.398 e. The molecule has 1 aromatic carbocycles. The number of rotatable bonds is 4. The van der Waals surface area contributed by atoms with Gasteiger partial charge in [0, 0.05) is 15.0 Å². The molecule has 1 aromatic rings. The maximum Gasteiger partial charge on any atom is 0.243 e. The summed E-state index contributed by atoms with van der Waals surface area (Å²) in [6.07, 6.45) is 1.64. The fourth-order valence-electron chi connectivity index (χ4n) is 2.51. The molecule has 1 saturated heterocycles. The Kier molecular flexibility index (Phi) is 5.70. The SMILES string of the molecule is CCN1CCC(NS(=O)(=O)c2c(N)cc(Br)cc2Br)CC1. The fraction of sp³-hybridized carbons (Fsp3) is 0.538. The first-order valence-electron chi connectivity index (χ1n) is 6.82. The third kappa shape index (κ3) is 4.19. The molecule has 0 bridgehead atoms. The van der Waals surface area contributed by atoms with Crippen LogP contribution in [0.1, 0.15) is 19.8 Å². The van der Waals surface area contributed by atoms with Gasteiger partial charge >= 0.3 is 0 Å². The fourth-order valence-corrected chi connectivity index (χ4v) is 5.88. The van der Waals surface area contributed by atoms with Crippen molar-refractivity contribution in [3.05, 3.63) is 21.1 Å².